The zero-order chi connectivity index (χ0) is 18.5. The number of hydrogen-bond acceptors (Lipinski definition) is 6. The highest BCUT2D eigenvalue weighted by molar-refractivity contribution is 5.90. The molecule has 0 spiro atoms. The van der Waals surface area contributed by atoms with Gasteiger partial charge in [0.1, 0.15) is 5.75 Å². The zero-order valence-electron chi connectivity index (χ0n) is 14.9. The van der Waals surface area contributed by atoms with Gasteiger partial charge in [0.05, 0.1) is 13.7 Å². The number of anilines is 2. The summed E-state index contributed by atoms with van der Waals surface area (Å²) >= 11 is 0. The maximum absolute atomic E-state index is 11.3. The molecular formula is C19H20N4O3. The number of aromatic nitrogens is 2. The highest BCUT2D eigenvalue weighted by atomic mass is 16.5. The van der Waals surface area contributed by atoms with Gasteiger partial charge in [0, 0.05) is 23.9 Å². The summed E-state index contributed by atoms with van der Waals surface area (Å²) < 4.78 is 10.4. The molecule has 3 rings (SSSR count). The Morgan fingerprint density at radius 1 is 1.15 bits per heavy atom. The van der Waals surface area contributed by atoms with Crippen LogP contribution >= 0.6 is 0 Å². The van der Waals surface area contributed by atoms with Crippen molar-refractivity contribution in [2.45, 2.75) is 20.4 Å². The lowest BCUT2D eigenvalue weighted by Crippen LogP contribution is -2.09. The van der Waals surface area contributed by atoms with E-state index in [1.165, 1.54) is 6.92 Å². The summed E-state index contributed by atoms with van der Waals surface area (Å²) in [5, 5.41) is 10.1. The van der Waals surface area contributed by atoms with Crippen molar-refractivity contribution in [1.29, 1.82) is 0 Å². The van der Waals surface area contributed by atoms with Gasteiger partial charge in [-0.05, 0) is 48.9 Å². The van der Waals surface area contributed by atoms with Crippen LogP contribution in [0.5, 0.6) is 5.75 Å². The number of ether oxygens (including phenoxy) is 1. The van der Waals surface area contributed by atoms with Gasteiger partial charge in [-0.15, -0.1) is 0 Å². The quantitative estimate of drug-likeness (QED) is 0.704. The summed E-state index contributed by atoms with van der Waals surface area (Å²) in [5.74, 6) is 1.66. The summed E-state index contributed by atoms with van der Waals surface area (Å²) in [7, 11) is 1.62. The van der Waals surface area contributed by atoms with E-state index in [-0.39, 0.29) is 5.91 Å². The third-order valence-electron chi connectivity index (χ3n) is 3.89. The van der Waals surface area contributed by atoms with Crippen molar-refractivity contribution in [3.8, 4) is 17.1 Å². The molecule has 1 amide bonds. The van der Waals surface area contributed by atoms with Gasteiger partial charge in [0.25, 0.3) is 0 Å². The van der Waals surface area contributed by atoms with Crippen molar-refractivity contribution in [1.82, 2.24) is 10.1 Å². The molecule has 3 aromatic rings. The second-order valence-corrected chi connectivity index (χ2v) is 5.75. The van der Waals surface area contributed by atoms with E-state index in [0.29, 0.717) is 18.3 Å². The van der Waals surface area contributed by atoms with Gasteiger partial charge >= 0.3 is 0 Å². The van der Waals surface area contributed by atoms with Crippen LogP contribution in [0.4, 0.5) is 11.4 Å². The smallest absolute Gasteiger partial charge is 0.246 e. The van der Waals surface area contributed by atoms with Crippen molar-refractivity contribution in [3.05, 3.63) is 53.9 Å². The van der Waals surface area contributed by atoms with E-state index in [0.717, 1.165) is 28.3 Å². The average molecular weight is 352 g/mol. The van der Waals surface area contributed by atoms with Crippen molar-refractivity contribution in [3.63, 3.8) is 0 Å². The first-order valence-corrected chi connectivity index (χ1v) is 8.15. The van der Waals surface area contributed by atoms with E-state index in [9.17, 15) is 4.79 Å². The molecule has 0 bridgehead atoms. The summed E-state index contributed by atoms with van der Waals surface area (Å²) in [6.07, 6.45) is 0. The van der Waals surface area contributed by atoms with E-state index in [1.54, 1.807) is 7.11 Å². The normalized spacial score (nSPS) is 10.4. The average Bonchev–Trinajstić information content (AvgIpc) is 3.11. The molecule has 0 aliphatic heterocycles. The number of rotatable bonds is 6. The first-order valence-electron chi connectivity index (χ1n) is 8.15. The second kappa shape index (κ2) is 7.69. The third kappa shape index (κ3) is 4.00. The lowest BCUT2D eigenvalue weighted by molar-refractivity contribution is -0.114. The monoisotopic (exact) mass is 352 g/mol. The summed E-state index contributed by atoms with van der Waals surface area (Å²) in [4.78, 5) is 15.7. The fourth-order valence-corrected chi connectivity index (χ4v) is 2.51. The van der Waals surface area contributed by atoms with Crippen molar-refractivity contribution in [2.75, 3.05) is 17.7 Å². The highest BCUT2D eigenvalue weighted by Gasteiger charge is 2.10. The molecule has 0 saturated carbocycles. The Bertz CT molecular complexity index is 903. The number of methoxy groups -OCH3 is 1. The highest BCUT2D eigenvalue weighted by Crippen LogP contribution is 2.24. The topological polar surface area (TPSA) is 89.3 Å². The van der Waals surface area contributed by atoms with Gasteiger partial charge in [-0.25, -0.2) is 0 Å². The van der Waals surface area contributed by atoms with E-state index in [2.05, 4.69) is 20.8 Å². The molecule has 0 fully saturated rings. The SMILES string of the molecule is COc1ccc(-c2noc(CNc3cccc(NC(C)=O)c3C)n2)cc1. The molecule has 0 aliphatic rings. The standard InChI is InChI=1S/C19H20N4O3/c1-12-16(5-4-6-17(12)21-13(2)24)20-11-18-22-19(23-26-18)14-7-9-15(25-3)10-8-14/h4-10,20H,11H2,1-3H3,(H,21,24). The van der Waals surface area contributed by atoms with Gasteiger partial charge in [0.2, 0.25) is 17.6 Å². The fraction of sp³-hybridized carbons (Fsp3) is 0.211. The molecule has 1 heterocycles. The predicted octanol–water partition coefficient (Wildman–Crippen LogP) is 3.62. The number of hydrogen-bond donors (Lipinski definition) is 2. The predicted molar refractivity (Wildman–Crippen MR) is 99.1 cm³/mol. The van der Waals surface area contributed by atoms with Crippen molar-refractivity contribution in [2.24, 2.45) is 0 Å². The lowest BCUT2D eigenvalue weighted by Gasteiger charge is -2.12. The molecule has 134 valence electrons. The number of carbonyl (C=O) groups excluding carboxylic acids is 1. The molecule has 0 aliphatic carbocycles. The van der Waals surface area contributed by atoms with Crippen LogP contribution in [-0.2, 0) is 11.3 Å². The van der Waals surface area contributed by atoms with Crippen LogP contribution in [0.1, 0.15) is 18.4 Å². The molecule has 0 unspecified atom stereocenters. The van der Waals surface area contributed by atoms with Gasteiger partial charge < -0.3 is 19.9 Å². The Balaban J connectivity index is 1.69. The molecule has 0 radical (unpaired) electrons. The molecule has 0 atom stereocenters. The Kier molecular flexibility index (Phi) is 5.17. The molecule has 2 N–H and O–H groups in total. The fourth-order valence-electron chi connectivity index (χ4n) is 2.51. The van der Waals surface area contributed by atoms with Gasteiger partial charge in [0.15, 0.2) is 0 Å². The Morgan fingerprint density at radius 3 is 2.58 bits per heavy atom. The van der Waals surface area contributed by atoms with Crippen LogP contribution in [0.2, 0.25) is 0 Å². The van der Waals surface area contributed by atoms with Crippen LogP contribution < -0.4 is 15.4 Å². The largest absolute Gasteiger partial charge is 0.497 e. The van der Waals surface area contributed by atoms with Gasteiger partial charge in [-0.1, -0.05) is 11.2 Å². The molecular weight excluding hydrogens is 332 g/mol. The van der Waals surface area contributed by atoms with Crippen LogP contribution in [-0.4, -0.2) is 23.2 Å². The Labute approximate surface area is 151 Å². The number of amides is 1. The van der Waals surface area contributed by atoms with E-state index < -0.39 is 0 Å². The third-order valence-corrected chi connectivity index (χ3v) is 3.89. The van der Waals surface area contributed by atoms with Gasteiger partial charge in [-0.3, -0.25) is 4.79 Å². The van der Waals surface area contributed by atoms with E-state index in [4.69, 9.17) is 9.26 Å². The van der Waals surface area contributed by atoms with E-state index in [1.807, 2.05) is 49.4 Å². The molecule has 26 heavy (non-hydrogen) atoms. The minimum atomic E-state index is -0.105. The van der Waals surface area contributed by atoms with Crippen LogP contribution in [0.15, 0.2) is 47.0 Å². The maximum atomic E-state index is 11.3. The number of benzene rings is 2. The summed E-state index contributed by atoms with van der Waals surface area (Å²) in [6, 6.07) is 13.1. The van der Waals surface area contributed by atoms with Crippen molar-refractivity contribution >= 4 is 17.3 Å². The van der Waals surface area contributed by atoms with Crippen LogP contribution in [0.3, 0.4) is 0 Å². The molecule has 1 aromatic heterocycles. The minimum absolute atomic E-state index is 0.105. The van der Waals surface area contributed by atoms with Crippen LogP contribution in [0, 0.1) is 6.92 Å². The summed E-state index contributed by atoms with van der Waals surface area (Å²) in [6.45, 7) is 3.80. The molecule has 2 aromatic carbocycles. The Morgan fingerprint density at radius 2 is 1.88 bits per heavy atom. The Hall–Kier alpha value is -3.35. The molecule has 7 nitrogen and oxygen atoms in total. The zero-order valence-corrected chi connectivity index (χ0v) is 14.9. The second-order valence-electron chi connectivity index (χ2n) is 5.75. The van der Waals surface area contributed by atoms with Crippen LogP contribution in [0.25, 0.3) is 11.4 Å². The summed E-state index contributed by atoms with van der Waals surface area (Å²) in [5.41, 5.74) is 3.45. The maximum Gasteiger partial charge on any atom is 0.246 e. The molecule has 0 saturated heterocycles. The van der Waals surface area contributed by atoms with Crippen molar-refractivity contribution < 1.29 is 14.1 Å². The number of nitrogens with one attached hydrogen (secondary N) is 2. The number of carbonyl (C=O) groups is 1. The molecule has 7 heteroatoms. The minimum Gasteiger partial charge on any atom is -0.497 e. The van der Waals surface area contributed by atoms with E-state index >= 15 is 0 Å². The lowest BCUT2D eigenvalue weighted by atomic mass is 10.1. The first-order chi connectivity index (χ1) is 12.6. The number of nitrogens with zero attached hydrogens (tertiary/aromatic N) is 2. The van der Waals surface area contributed by atoms with Gasteiger partial charge in [-0.2, -0.15) is 4.98 Å². The first kappa shape index (κ1) is 17.5.